The molecule has 0 unspecified atom stereocenters. The summed E-state index contributed by atoms with van der Waals surface area (Å²) in [6, 6.07) is 1.57. The highest BCUT2D eigenvalue weighted by molar-refractivity contribution is 6.33. The molecule has 2 rings (SSSR count). The maximum Gasteiger partial charge on any atom is 0.254 e. The molecule has 0 aliphatic carbocycles. The average molecular weight is 266 g/mol. The average Bonchev–Trinajstić information content (AvgIpc) is 2.84. The second-order valence-corrected chi connectivity index (χ2v) is 4.02. The number of amides is 1. The molecule has 1 N–H and O–H groups in total. The largest absolute Gasteiger partial charge is 0.444 e. The van der Waals surface area contributed by atoms with Gasteiger partial charge in [0.1, 0.15) is 5.76 Å². The fourth-order valence-corrected chi connectivity index (χ4v) is 1.58. The van der Waals surface area contributed by atoms with Crippen LogP contribution in [-0.2, 0) is 13.0 Å². The van der Waals surface area contributed by atoms with Gasteiger partial charge >= 0.3 is 0 Å². The molecule has 2 heterocycles. The lowest BCUT2D eigenvalue weighted by Gasteiger charge is -2.03. The summed E-state index contributed by atoms with van der Waals surface area (Å²) < 4.78 is 5.37. The van der Waals surface area contributed by atoms with Crippen LogP contribution in [0.15, 0.2) is 29.1 Å². The minimum Gasteiger partial charge on any atom is -0.444 e. The number of nitrogens with one attached hydrogen (secondary N) is 1. The number of carbonyl (C=O) groups excluding carboxylic acids is 1. The topological polar surface area (TPSA) is 68.0 Å². The van der Waals surface area contributed by atoms with E-state index in [4.69, 9.17) is 16.0 Å². The van der Waals surface area contributed by atoms with Crippen LogP contribution in [0.25, 0.3) is 0 Å². The molecular formula is C12H12ClN3O2. The third-order valence-electron chi connectivity index (χ3n) is 2.36. The third kappa shape index (κ3) is 2.87. The van der Waals surface area contributed by atoms with Crippen molar-refractivity contribution in [3.05, 3.63) is 46.9 Å². The van der Waals surface area contributed by atoms with E-state index in [-0.39, 0.29) is 12.5 Å². The summed E-state index contributed by atoms with van der Waals surface area (Å²) in [6.07, 6.45) is 5.37. The number of rotatable bonds is 4. The van der Waals surface area contributed by atoms with Crippen molar-refractivity contribution >= 4 is 17.5 Å². The van der Waals surface area contributed by atoms with Crippen LogP contribution in [0.2, 0.25) is 5.02 Å². The van der Waals surface area contributed by atoms with E-state index >= 15 is 0 Å². The number of hydrogen-bond donors (Lipinski definition) is 1. The van der Waals surface area contributed by atoms with Gasteiger partial charge in [-0.3, -0.25) is 9.78 Å². The molecule has 0 fully saturated rings. The van der Waals surface area contributed by atoms with Crippen molar-refractivity contribution in [3.8, 4) is 0 Å². The summed E-state index contributed by atoms with van der Waals surface area (Å²) in [5, 5.41) is 3.04. The fraction of sp³-hybridized carbons (Fsp3) is 0.250. The Kier molecular flexibility index (Phi) is 3.94. The molecule has 2 aromatic rings. The van der Waals surface area contributed by atoms with E-state index in [2.05, 4.69) is 15.3 Å². The molecule has 18 heavy (non-hydrogen) atoms. The number of nitrogens with zero attached hydrogens (tertiary/aromatic N) is 2. The molecular weight excluding hydrogens is 254 g/mol. The molecule has 2 aromatic heterocycles. The Bertz CT molecular complexity index is 554. The van der Waals surface area contributed by atoms with Gasteiger partial charge in [-0.25, -0.2) is 4.98 Å². The molecule has 0 bridgehead atoms. The maximum absolute atomic E-state index is 11.8. The van der Waals surface area contributed by atoms with Gasteiger partial charge < -0.3 is 9.73 Å². The predicted octanol–water partition coefficient (Wildman–Crippen LogP) is 2.22. The number of halogens is 1. The first-order valence-electron chi connectivity index (χ1n) is 5.52. The molecule has 1 amide bonds. The first-order valence-corrected chi connectivity index (χ1v) is 5.89. The zero-order valence-electron chi connectivity index (χ0n) is 9.81. The summed E-state index contributed by atoms with van der Waals surface area (Å²) in [4.78, 5) is 19.7. The summed E-state index contributed by atoms with van der Waals surface area (Å²) in [5.41, 5.74) is 0.335. The van der Waals surface area contributed by atoms with E-state index in [1.54, 1.807) is 12.3 Å². The fourth-order valence-electron chi connectivity index (χ4n) is 1.39. The van der Waals surface area contributed by atoms with Crippen LogP contribution in [-0.4, -0.2) is 15.9 Å². The molecule has 0 aliphatic rings. The molecule has 94 valence electrons. The number of hydrogen-bond acceptors (Lipinski definition) is 4. The summed E-state index contributed by atoms with van der Waals surface area (Å²) in [7, 11) is 0. The van der Waals surface area contributed by atoms with Crippen LogP contribution < -0.4 is 5.32 Å². The van der Waals surface area contributed by atoms with E-state index in [1.807, 2.05) is 6.92 Å². The van der Waals surface area contributed by atoms with E-state index in [0.717, 1.165) is 12.2 Å². The Morgan fingerprint density at radius 2 is 2.33 bits per heavy atom. The Morgan fingerprint density at radius 3 is 3.00 bits per heavy atom. The monoisotopic (exact) mass is 265 g/mol. The van der Waals surface area contributed by atoms with Crippen LogP contribution >= 0.6 is 11.6 Å². The van der Waals surface area contributed by atoms with Gasteiger partial charge in [0.2, 0.25) is 5.89 Å². The van der Waals surface area contributed by atoms with Crippen molar-refractivity contribution in [1.82, 2.24) is 15.3 Å². The second kappa shape index (κ2) is 5.64. The first kappa shape index (κ1) is 12.6. The third-order valence-corrected chi connectivity index (χ3v) is 2.69. The van der Waals surface area contributed by atoms with Crippen molar-refractivity contribution in [2.75, 3.05) is 0 Å². The lowest BCUT2D eigenvalue weighted by molar-refractivity contribution is 0.0947. The predicted molar refractivity (Wildman–Crippen MR) is 66.3 cm³/mol. The summed E-state index contributed by atoms with van der Waals surface area (Å²) >= 11 is 5.89. The van der Waals surface area contributed by atoms with E-state index in [9.17, 15) is 4.79 Å². The van der Waals surface area contributed by atoms with Crippen molar-refractivity contribution in [2.24, 2.45) is 0 Å². The molecule has 0 atom stereocenters. The van der Waals surface area contributed by atoms with E-state index in [0.29, 0.717) is 16.5 Å². The van der Waals surface area contributed by atoms with Crippen LogP contribution in [0.1, 0.15) is 28.9 Å². The molecule has 0 saturated carbocycles. The molecule has 0 spiro atoms. The molecule has 0 aliphatic heterocycles. The normalized spacial score (nSPS) is 10.3. The van der Waals surface area contributed by atoms with Gasteiger partial charge in [0.15, 0.2) is 0 Å². The molecule has 0 aromatic carbocycles. The lowest BCUT2D eigenvalue weighted by Crippen LogP contribution is -2.23. The highest BCUT2D eigenvalue weighted by Gasteiger charge is 2.11. The van der Waals surface area contributed by atoms with Gasteiger partial charge in [-0.15, -0.1) is 0 Å². The zero-order chi connectivity index (χ0) is 13.0. The first-order chi connectivity index (χ1) is 8.70. The number of aryl methyl sites for hydroxylation is 1. The highest BCUT2D eigenvalue weighted by atomic mass is 35.5. The van der Waals surface area contributed by atoms with Gasteiger partial charge in [-0.05, 0) is 6.07 Å². The minimum absolute atomic E-state index is 0.226. The number of pyridine rings is 1. The smallest absolute Gasteiger partial charge is 0.254 e. The van der Waals surface area contributed by atoms with Gasteiger partial charge in [0.25, 0.3) is 5.91 Å². The quantitative estimate of drug-likeness (QED) is 0.920. The Morgan fingerprint density at radius 1 is 1.50 bits per heavy atom. The molecule has 6 heteroatoms. The zero-order valence-corrected chi connectivity index (χ0v) is 10.6. The van der Waals surface area contributed by atoms with Crippen molar-refractivity contribution in [3.63, 3.8) is 0 Å². The van der Waals surface area contributed by atoms with Crippen LogP contribution in [0, 0.1) is 0 Å². The Labute approximate surface area is 109 Å². The highest BCUT2D eigenvalue weighted by Crippen LogP contribution is 2.13. The summed E-state index contributed by atoms with van der Waals surface area (Å²) in [5.74, 6) is 0.961. The standard InChI is InChI=1S/C12H12ClN3O2/c1-2-8-5-15-11(18-8)7-16-12(17)9-6-14-4-3-10(9)13/h3-6H,2,7H2,1H3,(H,16,17). The molecule has 0 saturated heterocycles. The van der Waals surface area contributed by atoms with Gasteiger partial charge in [0.05, 0.1) is 23.3 Å². The number of oxazole rings is 1. The van der Waals surface area contributed by atoms with E-state index < -0.39 is 0 Å². The van der Waals surface area contributed by atoms with E-state index in [1.165, 1.54) is 12.4 Å². The van der Waals surface area contributed by atoms with Crippen molar-refractivity contribution < 1.29 is 9.21 Å². The van der Waals surface area contributed by atoms with Gasteiger partial charge in [-0.1, -0.05) is 18.5 Å². The molecule has 5 nitrogen and oxygen atoms in total. The van der Waals surface area contributed by atoms with Crippen LogP contribution in [0.3, 0.4) is 0 Å². The van der Waals surface area contributed by atoms with Crippen molar-refractivity contribution in [1.29, 1.82) is 0 Å². The lowest BCUT2D eigenvalue weighted by atomic mass is 10.2. The molecule has 0 radical (unpaired) electrons. The minimum atomic E-state index is -0.302. The number of aromatic nitrogens is 2. The van der Waals surface area contributed by atoms with Gasteiger partial charge in [0, 0.05) is 18.8 Å². The van der Waals surface area contributed by atoms with Crippen molar-refractivity contribution in [2.45, 2.75) is 19.9 Å². The van der Waals surface area contributed by atoms with Crippen LogP contribution in [0.5, 0.6) is 0 Å². The summed E-state index contributed by atoms with van der Waals surface area (Å²) in [6.45, 7) is 2.20. The SMILES string of the molecule is CCc1cnc(CNC(=O)c2cnccc2Cl)o1. The van der Waals surface area contributed by atoms with Gasteiger partial charge in [-0.2, -0.15) is 0 Å². The Hall–Kier alpha value is -1.88. The van der Waals surface area contributed by atoms with Crippen LogP contribution in [0.4, 0.5) is 0 Å². The second-order valence-electron chi connectivity index (χ2n) is 3.61. The maximum atomic E-state index is 11.8. The number of carbonyl (C=O) groups is 1. The Balaban J connectivity index is 1.98.